The number of aliphatic hydroxyl groups is 2. The van der Waals surface area contributed by atoms with Crippen LogP contribution in [-0.2, 0) is 9.47 Å². The highest BCUT2D eigenvalue weighted by Crippen LogP contribution is 2.37. The Hall–Kier alpha value is -0.200. The van der Waals surface area contributed by atoms with Crippen LogP contribution in [0.1, 0.15) is 12.8 Å². The van der Waals surface area contributed by atoms with Crippen molar-refractivity contribution in [3.8, 4) is 0 Å². The maximum Gasteiger partial charge on any atom is 0.158 e. The van der Waals surface area contributed by atoms with Gasteiger partial charge in [-0.3, -0.25) is 0 Å². The van der Waals surface area contributed by atoms with Crippen LogP contribution in [0.15, 0.2) is 0 Å². The number of methoxy groups -OCH3 is 1. The van der Waals surface area contributed by atoms with E-state index in [1.807, 2.05) is 0 Å². The summed E-state index contributed by atoms with van der Waals surface area (Å²) in [6.45, 7) is 0. The monoisotopic (exact) mass is 203 g/mol. The molecule has 4 N–H and O–H groups in total. The number of aliphatic hydroxyl groups excluding tert-OH is 2. The third-order valence-corrected chi connectivity index (χ3v) is 3.29. The van der Waals surface area contributed by atoms with Gasteiger partial charge in [-0.2, -0.15) is 0 Å². The van der Waals surface area contributed by atoms with Crippen LogP contribution in [-0.4, -0.2) is 48.0 Å². The minimum atomic E-state index is -0.838. The van der Waals surface area contributed by atoms with E-state index in [0.717, 1.165) is 0 Å². The van der Waals surface area contributed by atoms with E-state index in [9.17, 15) is 10.2 Å². The van der Waals surface area contributed by atoms with Crippen LogP contribution in [0.4, 0.5) is 0 Å². The summed E-state index contributed by atoms with van der Waals surface area (Å²) in [5.41, 5.74) is 5.83. The number of hydrogen-bond acceptors (Lipinski definition) is 5. The molecule has 2 aliphatic rings. The first-order valence-corrected chi connectivity index (χ1v) is 4.93. The molecule has 82 valence electrons. The van der Waals surface area contributed by atoms with Gasteiger partial charge < -0.3 is 25.4 Å². The standard InChI is InChI=1S/C9H17NO4/c1-13-7-2-4-6(14-7)3-5(11)9(12)8(4)10/h4-9,11-12H,2-3,10H2,1H3. The Morgan fingerprint density at radius 3 is 2.71 bits per heavy atom. The van der Waals surface area contributed by atoms with Gasteiger partial charge in [-0.05, 0) is 0 Å². The van der Waals surface area contributed by atoms with Gasteiger partial charge in [-0.25, -0.2) is 0 Å². The van der Waals surface area contributed by atoms with Crippen LogP contribution in [0.25, 0.3) is 0 Å². The lowest BCUT2D eigenvalue weighted by Gasteiger charge is -2.37. The smallest absolute Gasteiger partial charge is 0.158 e. The van der Waals surface area contributed by atoms with E-state index in [1.165, 1.54) is 0 Å². The van der Waals surface area contributed by atoms with E-state index in [0.29, 0.717) is 12.8 Å². The molecule has 5 heteroatoms. The number of rotatable bonds is 1. The Bertz CT molecular complexity index is 213. The first-order chi connectivity index (χ1) is 6.63. The van der Waals surface area contributed by atoms with E-state index in [-0.39, 0.29) is 18.3 Å². The molecule has 6 unspecified atom stereocenters. The van der Waals surface area contributed by atoms with Gasteiger partial charge in [0, 0.05) is 31.9 Å². The Labute approximate surface area is 82.8 Å². The molecule has 0 bridgehead atoms. The molecule has 1 saturated heterocycles. The van der Waals surface area contributed by atoms with Gasteiger partial charge in [0.25, 0.3) is 0 Å². The molecule has 6 atom stereocenters. The molecule has 0 aromatic rings. The average molecular weight is 203 g/mol. The highest BCUT2D eigenvalue weighted by molar-refractivity contribution is 4.98. The summed E-state index contributed by atoms with van der Waals surface area (Å²) in [6, 6.07) is -0.413. The van der Waals surface area contributed by atoms with Crippen LogP contribution in [0, 0.1) is 5.92 Å². The fourth-order valence-corrected chi connectivity index (χ4v) is 2.40. The van der Waals surface area contributed by atoms with Gasteiger partial charge in [-0.15, -0.1) is 0 Å². The fourth-order valence-electron chi connectivity index (χ4n) is 2.40. The van der Waals surface area contributed by atoms with E-state index in [1.54, 1.807) is 7.11 Å². The maximum atomic E-state index is 9.58. The van der Waals surface area contributed by atoms with Crippen LogP contribution in [0.3, 0.4) is 0 Å². The number of fused-ring (bicyclic) bond motifs is 1. The second-order valence-corrected chi connectivity index (χ2v) is 4.11. The second kappa shape index (κ2) is 3.75. The summed E-state index contributed by atoms with van der Waals surface area (Å²) >= 11 is 0. The van der Waals surface area contributed by atoms with Crippen molar-refractivity contribution in [2.24, 2.45) is 11.7 Å². The predicted octanol–water partition coefficient (Wildman–Crippen LogP) is -1.18. The third-order valence-electron chi connectivity index (χ3n) is 3.29. The van der Waals surface area contributed by atoms with Gasteiger partial charge in [0.1, 0.15) is 0 Å². The summed E-state index contributed by atoms with van der Waals surface area (Å²) in [5, 5.41) is 19.1. The lowest BCUT2D eigenvalue weighted by molar-refractivity contribution is -0.139. The van der Waals surface area contributed by atoms with Gasteiger partial charge in [0.15, 0.2) is 6.29 Å². The first kappa shape index (κ1) is 10.3. The molecule has 2 fully saturated rings. The minimum absolute atomic E-state index is 0.0756. The quantitative estimate of drug-likeness (QED) is 0.499. The van der Waals surface area contributed by atoms with Crippen molar-refractivity contribution in [3.63, 3.8) is 0 Å². The largest absolute Gasteiger partial charge is 0.390 e. The fraction of sp³-hybridized carbons (Fsp3) is 1.00. The molecular weight excluding hydrogens is 186 g/mol. The Morgan fingerprint density at radius 1 is 1.36 bits per heavy atom. The molecule has 1 aliphatic heterocycles. The van der Waals surface area contributed by atoms with Gasteiger partial charge in [-0.1, -0.05) is 0 Å². The molecule has 0 aromatic carbocycles. The summed E-state index contributed by atoms with van der Waals surface area (Å²) in [5.74, 6) is 0.0957. The first-order valence-electron chi connectivity index (χ1n) is 4.93. The summed E-state index contributed by atoms with van der Waals surface area (Å²) in [7, 11) is 1.58. The van der Waals surface area contributed by atoms with Gasteiger partial charge >= 0.3 is 0 Å². The average Bonchev–Trinajstić information content (AvgIpc) is 2.57. The summed E-state index contributed by atoms with van der Waals surface area (Å²) < 4.78 is 10.6. The molecule has 1 heterocycles. The maximum absolute atomic E-state index is 9.58. The molecule has 0 amide bonds. The van der Waals surface area contributed by atoms with E-state index in [2.05, 4.69) is 0 Å². The van der Waals surface area contributed by atoms with Crippen LogP contribution in [0.2, 0.25) is 0 Å². The normalized spacial score (nSPS) is 53.1. The third kappa shape index (κ3) is 1.55. The van der Waals surface area contributed by atoms with Crippen molar-refractivity contribution in [2.45, 2.75) is 43.5 Å². The molecule has 1 saturated carbocycles. The minimum Gasteiger partial charge on any atom is -0.390 e. The van der Waals surface area contributed by atoms with Crippen molar-refractivity contribution >= 4 is 0 Å². The Morgan fingerprint density at radius 2 is 2.07 bits per heavy atom. The van der Waals surface area contributed by atoms with Crippen LogP contribution >= 0.6 is 0 Å². The highest BCUT2D eigenvalue weighted by atomic mass is 16.7. The molecule has 2 rings (SSSR count). The van der Waals surface area contributed by atoms with Gasteiger partial charge in [0.2, 0.25) is 0 Å². The van der Waals surface area contributed by atoms with Crippen LogP contribution < -0.4 is 5.73 Å². The zero-order valence-corrected chi connectivity index (χ0v) is 8.17. The van der Waals surface area contributed by atoms with Crippen molar-refractivity contribution in [3.05, 3.63) is 0 Å². The SMILES string of the molecule is COC1CC2C(CC(O)C(O)C2N)O1. The predicted molar refractivity (Wildman–Crippen MR) is 48.4 cm³/mol. The molecule has 0 radical (unpaired) electrons. The second-order valence-electron chi connectivity index (χ2n) is 4.11. The van der Waals surface area contributed by atoms with Crippen molar-refractivity contribution in [2.75, 3.05) is 7.11 Å². The molecule has 14 heavy (non-hydrogen) atoms. The summed E-state index contributed by atoms with van der Waals surface area (Å²) in [4.78, 5) is 0. The van der Waals surface area contributed by atoms with E-state index < -0.39 is 18.2 Å². The number of hydrogen-bond donors (Lipinski definition) is 3. The molecule has 0 spiro atoms. The summed E-state index contributed by atoms with van der Waals surface area (Å²) in [6.07, 6.45) is -0.787. The van der Waals surface area contributed by atoms with E-state index >= 15 is 0 Å². The van der Waals surface area contributed by atoms with Crippen molar-refractivity contribution in [1.29, 1.82) is 0 Å². The van der Waals surface area contributed by atoms with Crippen molar-refractivity contribution in [1.82, 2.24) is 0 Å². The zero-order chi connectivity index (χ0) is 10.3. The zero-order valence-electron chi connectivity index (χ0n) is 8.17. The molecule has 0 aromatic heterocycles. The Kier molecular flexibility index (Phi) is 2.77. The lowest BCUT2D eigenvalue weighted by atomic mass is 9.79. The molecule has 5 nitrogen and oxygen atoms in total. The van der Waals surface area contributed by atoms with Crippen molar-refractivity contribution < 1.29 is 19.7 Å². The van der Waals surface area contributed by atoms with Crippen LogP contribution in [0.5, 0.6) is 0 Å². The van der Waals surface area contributed by atoms with Gasteiger partial charge in [0.05, 0.1) is 18.3 Å². The molecule has 1 aliphatic carbocycles. The Balaban J connectivity index is 2.07. The highest BCUT2D eigenvalue weighted by Gasteiger charge is 2.47. The molecular formula is C9H17NO4. The topological polar surface area (TPSA) is 84.9 Å². The number of nitrogens with two attached hydrogens (primary N) is 1. The van der Waals surface area contributed by atoms with E-state index in [4.69, 9.17) is 15.2 Å². The lowest BCUT2D eigenvalue weighted by Crippen LogP contribution is -2.55. The number of ether oxygens (including phenoxy) is 2.